The number of carbonyl (C=O) groups excluding carboxylic acids is 1. The van der Waals surface area contributed by atoms with Crippen molar-refractivity contribution in [2.75, 3.05) is 5.32 Å². The second-order valence-corrected chi connectivity index (χ2v) is 5.90. The summed E-state index contributed by atoms with van der Waals surface area (Å²) < 4.78 is 0. The zero-order chi connectivity index (χ0) is 15.6. The van der Waals surface area contributed by atoms with Crippen LogP contribution in [0.15, 0.2) is 18.2 Å². The summed E-state index contributed by atoms with van der Waals surface area (Å²) in [5.41, 5.74) is 0.259. The summed E-state index contributed by atoms with van der Waals surface area (Å²) in [6.45, 7) is 4.02. The van der Waals surface area contributed by atoms with Gasteiger partial charge in [0.25, 0.3) is 0 Å². The molecular formula is C15H19ClN2O3. The Morgan fingerprint density at radius 2 is 1.90 bits per heavy atom. The SMILES string of the molecule is CC1CCCC(C)N1C(=O)Nc1ccc(Cl)cc1C(=O)O. The van der Waals surface area contributed by atoms with Gasteiger partial charge < -0.3 is 15.3 Å². The van der Waals surface area contributed by atoms with Crippen molar-refractivity contribution in [1.82, 2.24) is 4.90 Å². The van der Waals surface area contributed by atoms with Crippen molar-refractivity contribution in [2.45, 2.75) is 45.2 Å². The van der Waals surface area contributed by atoms with Crippen LogP contribution >= 0.6 is 11.6 Å². The number of hydrogen-bond donors (Lipinski definition) is 2. The molecule has 1 saturated heterocycles. The number of benzene rings is 1. The number of aromatic carboxylic acids is 1. The van der Waals surface area contributed by atoms with Gasteiger partial charge in [0.1, 0.15) is 0 Å². The lowest BCUT2D eigenvalue weighted by Gasteiger charge is -2.39. The predicted molar refractivity (Wildman–Crippen MR) is 82.0 cm³/mol. The summed E-state index contributed by atoms with van der Waals surface area (Å²) in [6, 6.07) is 4.45. The number of rotatable bonds is 2. The van der Waals surface area contributed by atoms with Crippen molar-refractivity contribution < 1.29 is 14.7 Å². The molecule has 0 aromatic heterocycles. The monoisotopic (exact) mass is 310 g/mol. The van der Waals surface area contributed by atoms with Crippen LogP contribution in [0, 0.1) is 0 Å². The highest BCUT2D eigenvalue weighted by molar-refractivity contribution is 6.31. The normalized spacial score (nSPS) is 22.0. The predicted octanol–water partition coefficient (Wildman–Crippen LogP) is 3.83. The van der Waals surface area contributed by atoms with Gasteiger partial charge >= 0.3 is 12.0 Å². The molecule has 5 nitrogen and oxygen atoms in total. The Morgan fingerprint density at radius 3 is 2.48 bits per heavy atom. The van der Waals surface area contributed by atoms with Gasteiger partial charge in [-0.1, -0.05) is 11.6 Å². The third kappa shape index (κ3) is 3.47. The number of halogens is 1. The number of carboxylic acids is 1. The smallest absolute Gasteiger partial charge is 0.337 e. The Labute approximate surface area is 128 Å². The summed E-state index contributed by atoms with van der Waals surface area (Å²) in [5.74, 6) is -1.12. The van der Waals surface area contributed by atoms with Gasteiger partial charge in [-0.05, 0) is 51.3 Å². The lowest BCUT2D eigenvalue weighted by atomic mass is 9.98. The molecule has 1 heterocycles. The van der Waals surface area contributed by atoms with Gasteiger partial charge in [0, 0.05) is 17.1 Å². The summed E-state index contributed by atoms with van der Waals surface area (Å²) in [4.78, 5) is 25.5. The highest BCUT2D eigenvalue weighted by Gasteiger charge is 2.29. The number of nitrogens with zero attached hydrogens (tertiary/aromatic N) is 1. The van der Waals surface area contributed by atoms with Crippen LogP contribution < -0.4 is 5.32 Å². The molecule has 2 rings (SSSR count). The molecule has 0 bridgehead atoms. The lowest BCUT2D eigenvalue weighted by molar-refractivity contribution is 0.0698. The summed E-state index contributed by atoms with van der Waals surface area (Å²) in [5, 5.41) is 12.2. The first kappa shape index (κ1) is 15.6. The van der Waals surface area contributed by atoms with Crippen molar-refractivity contribution in [2.24, 2.45) is 0 Å². The lowest BCUT2D eigenvalue weighted by Crippen LogP contribution is -2.49. The van der Waals surface area contributed by atoms with E-state index in [-0.39, 0.29) is 29.4 Å². The van der Waals surface area contributed by atoms with E-state index in [0.29, 0.717) is 5.02 Å². The first-order chi connectivity index (χ1) is 9.90. The first-order valence-corrected chi connectivity index (χ1v) is 7.40. The fraction of sp³-hybridized carbons (Fsp3) is 0.467. The first-order valence-electron chi connectivity index (χ1n) is 7.02. The quantitative estimate of drug-likeness (QED) is 0.872. The number of likely N-dealkylation sites (tertiary alicyclic amines) is 1. The molecule has 0 spiro atoms. The van der Waals surface area contributed by atoms with Crippen LogP contribution in [-0.4, -0.2) is 34.1 Å². The molecular weight excluding hydrogens is 292 g/mol. The maximum Gasteiger partial charge on any atom is 0.337 e. The average Bonchev–Trinajstić information content (AvgIpc) is 2.40. The van der Waals surface area contributed by atoms with Crippen LogP contribution in [0.25, 0.3) is 0 Å². The van der Waals surface area contributed by atoms with Crippen LogP contribution in [0.4, 0.5) is 10.5 Å². The minimum absolute atomic E-state index is 0.00633. The fourth-order valence-corrected chi connectivity index (χ4v) is 2.98. The highest BCUT2D eigenvalue weighted by atomic mass is 35.5. The van der Waals surface area contributed by atoms with E-state index in [9.17, 15) is 14.7 Å². The van der Waals surface area contributed by atoms with Crippen molar-refractivity contribution in [3.63, 3.8) is 0 Å². The van der Waals surface area contributed by atoms with Gasteiger partial charge in [0.2, 0.25) is 0 Å². The molecule has 2 atom stereocenters. The molecule has 2 unspecified atom stereocenters. The largest absolute Gasteiger partial charge is 0.478 e. The molecule has 6 heteroatoms. The molecule has 114 valence electrons. The van der Waals surface area contributed by atoms with Gasteiger partial charge in [-0.15, -0.1) is 0 Å². The van der Waals surface area contributed by atoms with Crippen LogP contribution in [0.5, 0.6) is 0 Å². The van der Waals surface area contributed by atoms with E-state index in [1.54, 1.807) is 11.0 Å². The van der Waals surface area contributed by atoms with Crippen LogP contribution in [-0.2, 0) is 0 Å². The summed E-state index contributed by atoms with van der Waals surface area (Å²) in [7, 11) is 0. The average molecular weight is 311 g/mol. The van der Waals surface area contributed by atoms with E-state index in [2.05, 4.69) is 5.32 Å². The molecule has 2 amide bonds. The van der Waals surface area contributed by atoms with Crippen LogP contribution in [0.3, 0.4) is 0 Å². The molecule has 0 radical (unpaired) electrons. The Bertz CT molecular complexity index is 552. The third-order valence-electron chi connectivity index (χ3n) is 3.88. The number of amides is 2. The van der Waals surface area contributed by atoms with Crippen LogP contribution in [0.1, 0.15) is 43.5 Å². The zero-order valence-corrected chi connectivity index (χ0v) is 12.9. The minimum atomic E-state index is -1.12. The van der Waals surface area contributed by atoms with E-state index in [1.165, 1.54) is 12.1 Å². The molecule has 1 aliphatic rings. The molecule has 1 aromatic rings. The van der Waals surface area contributed by atoms with E-state index in [0.717, 1.165) is 19.3 Å². The van der Waals surface area contributed by atoms with Gasteiger partial charge in [0.15, 0.2) is 0 Å². The molecule has 1 fully saturated rings. The van der Waals surface area contributed by atoms with Gasteiger partial charge in [-0.2, -0.15) is 0 Å². The van der Waals surface area contributed by atoms with E-state index in [4.69, 9.17) is 11.6 Å². The zero-order valence-electron chi connectivity index (χ0n) is 12.1. The van der Waals surface area contributed by atoms with E-state index in [1.807, 2.05) is 13.8 Å². The van der Waals surface area contributed by atoms with Crippen molar-refractivity contribution in [3.8, 4) is 0 Å². The number of nitrogens with one attached hydrogen (secondary N) is 1. The van der Waals surface area contributed by atoms with Crippen molar-refractivity contribution >= 4 is 29.3 Å². The fourth-order valence-electron chi connectivity index (χ4n) is 2.80. The number of carboxylic acid groups (broad SMARTS) is 1. The molecule has 1 aromatic carbocycles. The Hall–Kier alpha value is -1.75. The number of carbonyl (C=O) groups is 2. The Balaban J connectivity index is 2.21. The maximum atomic E-state index is 12.4. The second kappa shape index (κ2) is 6.35. The summed E-state index contributed by atoms with van der Waals surface area (Å²) >= 11 is 5.81. The number of piperidine rings is 1. The van der Waals surface area contributed by atoms with Crippen molar-refractivity contribution in [1.29, 1.82) is 0 Å². The Kier molecular flexibility index (Phi) is 4.73. The van der Waals surface area contributed by atoms with E-state index >= 15 is 0 Å². The Morgan fingerprint density at radius 1 is 1.29 bits per heavy atom. The molecule has 2 N–H and O–H groups in total. The number of hydrogen-bond acceptors (Lipinski definition) is 2. The van der Waals surface area contributed by atoms with Gasteiger partial charge in [-0.3, -0.25) is 0 Å². The molecule has 21 heavy (non-hydrogen) atoms. The van der Waals surface area contributed by atoms with Gasteiger partial charge in [-0.25, -0.2) is 9.59 Å². The third-order valence-corrected chi connectivity index (χ3v) is 4.12. The van der Waals surface area contributed by atoms with Gasteiger partial charge in [0.05, 0.1) is 11.3 Å². The number of urea groups is 1. The second-order valence-electron chi connectivity index (χ2n) is 5.46. The van der Waals surface area contributed by atoms with Crippen molar-refractivity contribution in [3.05, 3.63) is 28.8 Å². The molecule has 1 aliphatic heterocycles. The minimum Gasteiger partial charge on any atom is -0.478 e. The number of anilines is 1. The van der Waals surface area contributed by atoms with Crippen LogP contribution in [0.2, 0.25) is 5.02 Å². The molecule has 0 saturated carbocycles. The maximum absolute atomic E-state index is 12.4. The highest BCUT2D eigenvalue weighted by Crippen LogP contribution is 2.25. The molecule has 0 aliphatic carbocycles. The standard InChI is InChI=1S/C15H19ClN2O3/c1-9-4-3-5-10(2)18(9)15(21)17-13-7-6-11(16)8-12(13)14(19)20/h6-10H,3-5H2,1-2H3,(H,17,21)(H,19,20). The topological polar surface area (TPSA) is 69.6 Å². The van der Waals surface area contributed by atoms with E-state index < -0.39 is 5.97 Å². The summed E-state index contributed by atoms with van der Waals surface area (Å²) in [6.07, 6.45) is 3.03.